The summed E-state index contributed by atoms with van der Waals surface area (Å²) in [6.45, 7) is 0. The number of halogens is 2. The third-order valence-corrected chi connectivity index (χ3v) is 3.93. The highest BCUT2D eigenvalue weighted by Gasteiger charge is 2.06. The highest BCUT2D eigenvalue weighted by molar-refractivity contribution is 7.98. The Morgan fingerprint density at radius 2 is 1.84 bits per heavy atom. The summed E-state index contributed by atoms with van der Waals surface area (Å²) in [5, 5.41) is 11.3. The minimum absolute atomic E-state index is 0.0792. The molecule has 0 N–H and O–H groups in total. The number of nitrogens with zero attached hydrogens (tertiary/aromatic N) is 2. The van der Waals surface area contributed by atoms with Gasteiger partial charge in [0.05, 0.1) is 4.92 Å². The van der Waals surface area contributed by atoms with Crippen LogP contribution in [0.3, 0.4) is 0 Å². The second-order valence-corrected chi connectivity index (χ2v) is 5.42. The summed E-state index contributed by atoms with van der Waals surface area (Å²) in [6.07, 6.45) is 0. The molecule has 0 fully saturated rings. The van der Waals surface area contributed by atoms with Crippen LogP contribution in [0.25, 0.3) is 0 Å². The average Bonchev–Trinajstić information content (AvgIpc) is 2.38. The lowest BCUT2D eigenvalue weighted by Crippen LogP contribution is -1.88. The van der Waals surface area contributed by atoms with Gasteiger partial charge in [-0.15, -0.1) is 11.8 Å². The van der Waals surface area contributed by atoms with Crippen molar-refractivity contribution in [2.45, 2.75) is 10.6 Å². The Balaban J connectivity index is 2.04. The van der Waals surface area contributed by atoms with Crippen molar-refractivity contribution in [3.05, 3.63) is 62.4 Å². The van der Waals surface area contributed by atoms with E-state index in [-0.39, 0.29) is 5.69 Å². The van der Waals surface area contributed by atoms with E-state index < -0.39 is 4.92 Å². The molecule has 1 heterocycles. The maximum absolute atomic E-state index is 10.5. The van der Waals surface area contributed by atoms with Gasteiger partial charge in [0.15, 0.2) is 0 Å². The SMILES string of the molecule is O=[N+]([O-])c1ccc(SCc2ccc(Cl)nc2Cl)cc1. The fraction of sp³-hybridized carbons (Fsp3) is 0.0833. The van der Waals surface area contributed by atoms with Crippen molar-refractivity contribution in [1.29, 1.82) is 0 Å². The van der Waals surface area contributed by atoms with E-state index in [1.165, 1.54) is 23.9 Å². The van der Waals surface area contributed by atoms with Crippen LogP contribution < -0.4 is 0 Å². The first-order chi connectivity index (χ1) is 9.06. The first-order valence-corrected chi connectivity index (χ1v) is 6.98. The molecule has 2 rings (SSSR count). The molecule has 98 valence electrons. The molecule has 0 spiro atoms. The Kier molecular flexibility index (Phi) is 4.63. The van der Waals surface area contributed by atoms with E-state index in [1.54, 1.807) is 18.2 Å². The van der Waals surface area contributed by atoms with Crippen molar-refractivity contribution < 1.29 is 4.92 Å². The molecule has 0 amide bonds. The van der Waals surface area contributed by atoms with Gasteiger partial charge >= 0.3 is 0 Å². The molecule has 0 unspecified atom stereocenters. The van der Waals surface area contributed by atoms with Crippen LogP contribution >= 0.6 is 35.0 Å². The number of benzene rings is 1. The number of hydrogen-bond donors (Lipinski definition) is 0. The number of hydrogen-bond acceptors (Lipinski definition) is 4. The van der Waals surface area contributed by atoms with E-state index in [1.807, 2.05) is 6.07 Å². The summed E-state index contributed by atoms with van der Waals surface area (Å²) in [5.74, 6) is 0.626. The average molecular weight is 315 g/mol. The van der Waals surface area contributed by atoms with E-state index in [2.05, 4.69) is 4.98 Å². The molecule has 7 heteroatoms. The van der Waals surface area contributed by atoms with Crippen molar-refractivity contribution in [3.63, 3.8) is 0 Å². The largest absolute Gasteiger partial charge is 0.269 e. The summed E-state index contributed by atoms with van der Waals surface area (Å²) in [6, 6.07) is 9.86. The molecule has 1 aromatic carbocycles. The van der Waals surface area contributed by atoms with Crippen LogP contribution in [0.15, 0.2) is 41.3 Å². The first-order valence-electron chi connectivity index (χ1n) is 5.24. The van der Waals surface area contributed by atoms with E-state index in [0.29, 0.717) is 16.1 Å². The van der Waals surface area contributed by atoms with Crippen molar-refractivity contribution >= 4 is 40.7 Å². The van der Waals surface area contributed by atoms with Gasteiger partial charge in [-0.05, 0) is 23.8 Å². The molecule has 1 aromatic heterocycles. The molecule has 0 aliphatic carbocycles. The van der Waals surface area contributed by atoms with E-state index >= 15 is 0 Å². The Morgan fingerprint density at radius 1 is 1.16 bits per heavy atom. The van der Waals surface area contributed by atoms with E-state index in [9.17, 15) is 10.1 Å². The lowest BCUT2D eigenvalue weighted by molar-refractivity contribution is -0.384. The predicted molar refractivity (Wildman–Crippen MR) is 76.9 cm³/mol. The molecule has 0 saturated heterocycles. The van der Waals surface area contributed by atoms with Gasteiger partial charge in [-0.25, -0.2) is 4.98 Å². The lowest BCUT2D eigenvalue weighted by atomic mass is 10.3. The van der Waals surface area contributed by atoms with Gasteiger partial charge in [0, 0.05) is 22.8 Å². The zero-order chi connectivity index (χ0) is 13.8. The number of aromatic nitrogens is 1. The van der Waals surface area contributed by atoms with Crippen LogP contribution in [-0.2, 0) is 5.75 Å². The van der Waals surface area contributed by atoms with Crippen molar-refractivity contribution in [2.24, 2.45) is 0 Å². The van der Waals surface area contributed by atoms with Crippen LogP contribution in [0.1, 0.15) is 5.56 Å². The highest BCUT2D eigenvalue weighted by Crippen LogP contribution is 2.27. The molecular formula is C12H8Cl2N2O2S. The monoisotopic (exact) mass is 314 g/mol. The lowest BCUT2D eigenvalue weighted by Gasteiger charge is -2.04. The zero-order valence-corrected chi connectivity index (χ0v) is 11.9. The molecule has 19 heavy (non-hydrogen) atoms. The summed E-state index contributed by atoms with van der Waals surface area (Å²) >= 11 is 13.2. The van der Waals surface area contributed by atoms with Gasteiger partial charge in [-0.3, -0.25) is 10.1 Å². The summed E-state index contributed by atoms with van der Waals surface area (Å²) in [5.41, 5.74) is 0.949. The standard InChI is InChI=1S/C12H8Cl2N2O2S/c13-11-6-1-8(12(14)15-11)7-19-10-4-2-9(3-5-10)16(17)18/h1-6H,7H2. The molecule has 0 saturated carbocycles. The smallest absolute Gasteiger partial charge is 0.258 e. The Labute approximate surface area is 123 Å². The second kappa shape index (κ2) is 6.23. The van der Waals surface area contributed by atoms with Gasteiger partial charge in [0.25, 0.3) is 5.69 Å². The molecule has 0 atom stereocenters. The summed E-state index contributed by atoms with van der Waals surface area (Å²) in [7, 11) is 0. The number of nitro groups is 1. The number of pyridine rings is 1. The quantitative estimate of drug-likeness (QED) is 0.358. The summed E-state index contributed by atoms with van der Waals surface area (Å²) in [4.78, 5) is 15.0. The van der Waals surface area contributed by atoms with Crippen LogP contribution in [0.5, 0.6) is 0 Å². The number of nitro benzene ring substituents is 1. The van der Waals surface area contributed by atoms with Crippen LogP contribution in [-0.4, -0.2) is 9.91 Å². The summed E-state index contributed by atoms with van der Waals surface area (Å²) < 4.78 is 0. The second-order valence-electron chi connectivity index (χ2n) is 3.62. The molecule has 2 aromatic rings. The molecule has 0 bridgehead atoms. The zero-order valence-electron chi connectivity index (χ0n) is 9.55. The van der Waals surface area contributed by atoms with Crippen molar-refractivity contribution in [2.75, 3.05) is 0 Å². The van der Waals surface area contributed by atoms with Gasteiger partial charge in [0.1, 0.15) is 10.3 Å². The van der Waals surface area contributed by atoms with E-state index in [4.69, 9.17) is 23.2 Å². The van der Waals surface area contributed by atoms with Gasteiger partial charge < -0.3 is 0 Å². The van der Waals surface area contributed by atoms with E-state index in [0.717, 1.165) is 10.5 Å². The van der Waals surface area contributed by atoms with Crippen molar-refractivity contribution in [3.8, 4) is 0 Å². The normalized spacial score (nSPS) is 10.4. The van der Waals surface area contributed by atoms with Gasteiger partial charge in [-0.2, -0.15) is 0 Å². The van der Waals surface area contributed by atoms with Crippen LogP contribution in [0.2, 0.25) is 10.3 Å². The Bertz CT molecular complexity index is 605. The molecule has 0 aliphatic rings. The first kappa shape index (κ1) is 14.1. The minimum Gasteiger partial charge on any atom is -0.258 e. The number of thioether (sulfide) groups is 1. The van der Waals surface area contributed by atoms with Crippen LogP contribution in [0, 0.1) is 10.1 Å². The topological polar surface area (TPSA) is 56.0 Å². The van der Waals surface area contributed by atoms with Gasteiger partial charge in [-0.1, -0.05) is 29.3 Å². The molecule has 0 aliphatic heterocycles. The van der Waals surface area contributed by atoms with Crippen molar-refractivity contribution in [1.82, 2.24) is 4.98 Å². The fourth-order valence-electron chi connectivity index (χ4n) is 1.37. The Hall–Kier alpha value is -1.30. The number of rotatable bonds is 4. The Morgan fingerprint density at radius 3 is 2.42 bits per heavy atom. The number of non-ortho nitro benzene ring substituents is 1. The minimum atomic E-state index is -0.422. The predicted octanol–water partition coefficient (Wildman–Crippen LogP) is 4.59. The third kappa shape index (κ3) is 3.83. The molecule has 4 nitrogen and oxygen atoms in total. The van der Waals surface area contributed by atoms with Gasteiger partial charge in [0.2, 0.25) is 0 Å². The maximum Gasteiger partial charge on any atom is 0.269 e. The fourth-order valence-corrected chi connectivity index (χ4v) is 2.75. The molecular weight excluding hydrogens is 307 g/mol. The highest BCUT2D eigenvalue weighted by atomic mass is 35.5. The molecule has 0 radical (unpaired) electrons. The third-order valence-electron chi connectivity index (χ3n) is 2.33. The van der Waals surface area contributed by atoms with Crippen LogP contribution in [0.4, 0.5) is 5.69 Å². The maximum atomic E-state index is 10.5.